The topological polar surface area (TPSA) is 0 Å². The Morgan fingerprint density at radius 3 is 1.83 bits per heavy atom. The third kappa shape index (κ3) is 4.31. The third-order valence-electron chi connectivity index (χ3n) is 6.97. The fraction of sp³-hybridized carbons (Fsp3) is 0.308. The molecule has 0 saturated heterocycles. The number of benzene rings is 2. The van der Waals surface area contributed by atoms with Gasteiger partial charge in [0.05, 0.1) is 0 Å². The molecule has 157 valence electrons. The molecule has 0 amide bonds. The Balaban J connectivity index is 0.00000160. The molecule has 0 fully saturated rings. The summed E-state index contributed by atoms with van der Waals surface area (Å²) in [5, 5.41) is 0. The fourth-order valence-electron chi connectivity index (χ4n) is 5.23. The maximum Gasteiger partial charge on any atom is -1.00 e. The molecule has 2 aromatic rings. The second-order valence-electron chi connectivity index (χ2n) is 8.72. The average molecular weight is 621 g/mol. The monoisotopic (exact) mass is 621 g/mol. The predicted molar refractivity (Wildman–Crippen MR) is 122 cm³/mol. The minimum absolute atomic E-state index is 0. The molecule has 0 nitrogen and oxygen atoms in total. The number of allylic oxidation sites excluding steroid dienone is 5. The summed E-state index contributed by atoms with van der Waals surface area (Å²) >= 11 is -2.00. The Labute approximate surface area is 203 Å². The smallest absolute Gasteiger partial charge is 1.00 e. The molecule has 1 unspecified atom stereocenters. The van der Waals surface area contributed by atoms with E-state index in [1.807, 2.05) is 0 Å². The van der Waals surface area contributed by atoms with Gasteiger partial charge in [0.25, 0.3) is 0 Å². The first kappa shape index (κ1) is 25.6. The van der Waals surface area contributed by atoms with Gasteiger partial charge >= 0.3 is 180 Å². The van der Waals surface area contributed by atoms with Crippen LogP contribution < -0.4 is 24.8 Å². The Kier molecular flexibility index (Phi) is 8.78. The van der Waals surface area contributed by atoms with E-state index in [1.54, 1.807) is 27.9 Å². The molecular formula is C26H31Cl2HfSi. The van der Waals surface area contributed by atoms with Gasteiger partial charge in [0.1, 0.15) is 0 Å². The molecule has 0 aliphatic heterocycles. The summed E-state index contributed by atoms with van der Waals surface area (Å²) in [6.07, 6.45) is 2.69. The van der Waals surface area contributed by atoms with Gasteiger partial charge in [-0.25, -0.2) is 0 Å². The molecule has 0 saturated carbocycles. The van der Waals surface area contributed by atoms with Crippen molar-refractivity contribution in [2.24, 2.45) is 0 Å². The number of rotatable bonds is 4. The van der Waals surface area contributed by atoms with Gasteiger partial charge in [-0.05, 0) is 0 Å². The van der Waals surface area contributed by atoms with E-state index in [9.17, 15) is 0 Å². The summed E-state index contributed by atoms with van der Waals surface area (Å²) in [6.45, 7) is 14.9. The van der Waals surface area contributed by atoms with Gasteiger partial charge in [-0.15, -0.1) is 0 Å². The largest absolute Gasteiger partial charge is 1.00 e. The van der Waals surface area contributed by atoms with E-state index in [-0.39, 0.29) is 24.8 Å². The minimum Gasteiger partial charge on any atom is -1.00 e. The zero-order chi connectivity index (χ0) is 20.0. The average Bonchev–Trinajstić information content (AvgIpc) is 3.17. The molecule has 2 aliphatic rings. The normalized spacial score (nSPS) is 18.2. The van der Waals surface area contributed by atoms with Crippen molar-refractivity contribution in [2.75, 3.05) is 0 Å². The summed E-state index contributed by atoms with van der Waals surface area (Å²) in [4.78, 5) is 0. The van der Waals surface area contributed by atoms with Crippen LogP contribution in [-0.2, 0) is 20.6 Å². The van der Waals surface area contributed by atoms with Crippen molar-refractivity contribution < 1.29 is 45.4 Å². The maximum absolute atomic E-state index is 2.69. The molecule has 1 atom stereocenters. The molecule has 4 rings (SSSR count). The Hall–Kier alpha value is -0.673. The molecule has 0 spiro atoms. The van der Waals surface area contributed by atoms with E-state index < -0.39 is 26.6 Å². The van der Waals surface area contributed by atoms with E-state index in [1.165, 1.54) is 16.7 Å². The van der Waals surface area contributed by atoms with Crippen LogP contribution in [-0.4, -0.2) is 5.98 Å². The van der Waals surface area contributed by atoms with Crippen molar-refractivity contribution >= 4 is 11.6 Å². The fourth-order valence-corrected chi connectivity index (χ4v) is 37.8. The zero-order valence-corrected chi connectivity index (χ0v) is 25.0. The molecule has 4 heteroatoms. The summed E-state index contributed by atoms with van der Waals surface area (Å²) < 4.78 is 1.55. The summed E-state index contributed by atoms with van der Waals surface area (Å²) in [5.74, 6) is -0.703. The number of fused-ring (bicyclic) bond motifs is 1. The number of hydrogen-bond acceptors (Lipinski definition) is 0. The molecule has 2 aromatic carbocycles. The van der Waals surface area contributed by atoms with Gasteiger partial charge in [0.15, 0.2) is 0 Å². The van der Waals surface area contributed by atoms with Crippen molar-refractivity contribution in [1.29, 1.82) is 0 Å². The molecular weight excluding hydrogens is 590 g/mol. The summed E-state index contributed by atoms with van der Waals surface area (Å²) in [5.41, 5.74) is 12.6. The van der Waals surface area contributed by atoms with E-state index in [0.29, 0.717) is 0 Å². The Bertz CT molecular complexity index is 981. The molecule has 0 aromatic heterocycles. The van der Waals surface area contributed by atoms with Crippen LogP contribution in [0.3, 0.4) is 0 Å². The Morgan fingerprint density at radius 1 is 0.733 bits per heavy atom. The van der Waals surface area contributed by atoms with Gasteiger partial charge in [-0.3, -0.25) is 0 Å². The first-order valence-corrected chi connectivity index (χ1v) is 23.8. The second kappa shape index (κ2) is 10.3. The van der Waals surface area contributed by atoms with Crippen molar-refractivity contribution in [3.8, 4) is 0 Å². The number of halogens is 2. The molecule has 2 aliphatic carbocycles. The Morgan fingerprint density at radius 2 is 1.27 bits per heavy atom. The van der Waals surface area contributed by atoms with Gasteiger partial charge in [-0.2, -0.15) is 0 Å². The molecule has 0 radical (unpaired) electrons. The summed E-state index contributed by atoms with van der Waals surface area (Å²) in [6, 6.07) is 20.3. The predicted octanol–water partition coefficient (Wildman–Crippen LogP) is 1.26. The van der Waals surface area contributed by atoms with Crippen LogP contribution in [0.1, 0.15) is 48.1 Å². The van der Waals surface area contributed by atoms with Crippen molar-refractivity contribution in [3.05, 3.63) is 99.7 Å². The van der Waals surface area contributed by atoms with Crippen LogP contribution >= 0.6 is 0 Å². The van der Waals surface area contributed by atoms with Crippen LogP contribution in [0.15, 0.2) is 83.0 Å². The van der Waals surface area contributed by atoms with Crippen LogP contribution in [0.5, 0.6) is 0 Å². The maximum atomic E-state index is 2.69. The van der Waals surface area contributed by atoms with Crippen molar-refractivity contribution in [3.63, 3.8) is 0 Å². The number of hydrogen-bond donors (Lipinski definition) is 0. The van der Waals surface area contributed by atoms with Gasteiger partial charge < -0.3 is 24.8 Å². The van der Waals surface area contributed by atoms with Crippen LogP contribution in [0.4, 0.5) is 0 Å². The van der Waals surface area contributed by atoms with Crippen LogP contribution in [0, 0.1) is 0 Å². The zero-order valence-electron chi connectivity index (χ0n) is 18.8. The van der Waals surface area contributed by atoms with Crippen molar-refractivity contribution in [2.45, 2.75) is 48.1 Å². The molecule has 0 N–H and O–H groups in total. The van der Waals surface area contributed by atoms with E-state index >= 15 is 0 Å². The van der Waals surface area contributed by atoms with Crippen LogP contribution in [0.25, 0.3) is 5.57 Å². The van der Waals surface area contributed by atoms with Gasteiger partial charge in [-0.1, -0.05) is 0 Å². The van der Waals surface area contributed by atoms with Crippen LogP contribution in [0.2, 0.25) is 16.8 Å². The standard InChI is InChI=1S/C15H11.C9H13.C2H7Si.2ClH.Hf/c1-2-6-12(7-3-1)15-11-10-13-8-4-5-9-14(13)15;1-6-5-7(2)9(4)8(6)3;1-3-2;;;/h1-11H;5H,1-4H3;3H,1-2H3;2*1H;/q;;;;;+2/p-2. The molecule has 0 heterocycles. The molecule has 30 heavy (non-hydrogen) atoms. The SMILES string of the molecule is CC1=C(C)[CH]([Hf+2]([CH]2C=C(c3ccccc3)c3ccccc32)[SiH](C)C)C(C)=C1C.[Cl-].[Cl-]. The van der Waals surface area contributed by atoms with Gasteiger partial charge in [0, 0.05) is 0 Å². The van der Waals surface area contributed by atoms with E-state index in [2.05, 4.69) is 101 Å². The first-order chi connectivity index (χ1) is 13.4. The van der Waals surface area contributed by atoms with E-state index in [0.717, 1.165) is 7.35 Å². The quantitative estimate of drug-likeness (QED) is 0.452. The van der Waals surface area contributed by atoms with Gasteiger partial charge in [0.2, 0.25) is 0 Å². The van der Waals surface area contributed by atoms with E-state index in [4.69, 9.17) is 0 Å². The summed E-state index contributed by atoms with van der Waals surface area (Å²) in [7, 11) is 0. The first-order valence-electron chi connectivity index (χ1n) is 10.5. The van der Waals surface area contributed by atoms with Crippen molar-refractivity contribution in [1.82, 2.24) is 0 Å². The second-order valence-corrected chi connectivity index (χ2v) is 36.8. The third-order valence-corrected chi connectivity index (χ3v) is 38.1. The minimum atomic E-state index is -2.00. The molecule has 0 bridgehead atoms.